The molecule has 2 aliphatic heterocycles. The second kappa shape index (κ2) is 6.10. The number of nitrogens with zero attached hydrogens (tertiary/aromatic N) is 3. The molecule has 0 aliphatic carbocycles. The summed E-state index contributed by atoms with van der Waals surface area (Å²) >= 11 is 0. The van der Waals surface area contributed by atoms with E-state index >= 15 is 0 Å². The van der Waals surface area contributed by atoms with Gasteiger partial charge in [0.25, 0.3) is 0 Å². The molecule has 3 heterocycles. The number of piperazine rings is 1. The highest BCUT2D eigenvalue weighted by Crippen LogP contribution is 2.25. The molecule has 0 radical (unpaired) electrons. The standard InChI is InChI=1S/C16H26N4/c1-2-16(7-5-9-18-16)14-19-10-12-20(13-11-19)15-6-3-4-8-17-15/h3-4,6,8,18H,2,5,7,9-14H2,1H3. The highest BCUT2D eigenvalue weighted by atomic mass is 15.3. The summed E-state index contributed by atoms with van der Waals surface area (Å²) in [7, 11) is 0. The van der Waals surface area contributed by atoms with Crippen LogP contribution in [0.2, 0.25) is 0 Å². The molecular formula is C16H26N4. The molecule has 1 unspecified atom stereocenters. The molecule has 110 valence electrons. The Bertz CT molecular complexity index is 406. The van der Waals surface area contributed by atoms with E-state index in [-0.39, 0.29) is 0 Å². The molecule has 0 amide bonds. The van der Waals surface area contributed by atoms with Gasteiger partial charge in [-0.1, -0.05) is 13.0 Å². The van der Waals surface area contributed by atoms with Crippen LogP contribution in [0, 0.1) is 0 Å². The maximum absolute atomic E-state index is 4.46. The Hall–Kier alpha value is -1.13. The van der Waals surface area contributed by atoms with Crippen molar-refractivity contribution in [2.45, 2.75) is 31.7 Å². The van der Waals surface area contributed by atoms with Gasteiger partial charge in [-0.15, -0.1) is 0 Å². The van der Waals surface area contributed by atoms with Gasteiger partial charge in [0.05, 0.1) is 0 Å². The largest absolute Gasteiger partial charge is 0.354 e. The van der Waals surface area contributed by atoms with Crippen molar-refractivity contribution in [1.82, 2.24) is 15.2 Å². The first-order valence-electron chi connectivity index (χ1n) is 7.95. The van der Waals surface area contributed by atoms with Crippen LogP contribution in [0.25, 0.3) is 0 Å². The van der Waals surface area contributed by atoms with Crippen LogP contribution in [0.4, 0.5) is 5.82 Å². The van der Waals surface area contributed by atoms with E-state index in [9.17, 15) is 0 Å². The fraction of sp³-hybridized carbons (Fsp3) is 0.688. The first kappa shape index (κ1) is 13.8. The van der Waals surface area contributed by atoms with Gasteiger partial charge in [-0.2, -0.15) is 0 Å². The van der Waals surface area contributed by atoms with Crippen molar-refractivity contribution in [2.24, 2.45) is 0 Å². The Kier molecular flexibility index (Phi) is 4.22. The first-order chi connectivity index (χ1) is 9.81. The van der Waals surface area contributed by atoms with Crippen molar-refractivity contribution in [3.8, 4) is 0 Å². The average molecular weight is 274 g/mol. The van der Waals surface area contributed by atoms with Crippen molar-refractivity contribution >= 4 is 5.82 Å². The molecule has 1 aromatic heterocycles. The summed E-state index contributed by atoms with van der Waals surface area (Å²) in [5.41, 5.74) is 0.382. The van der Waals surface area contributed by atoms with Crippen molar-refractivity contribution in [2.75, 3.05) is 44.2 Å². The molecule has 1 N–H and O–H groups in total. The van der Waals surface area contributed by atoms with Gasteiger partial charge in [-0.25, -0.2) is 4.98 Å². The zero-order chi connectivity index (χ0) is 13.8. The maximum atomic E-state index is 4.46. The van der Waals surface area contributed by atoms with Crippen LogP contribution in [-0.2, 0) is 0 Å². The molecule has 2 aliphatic rings. The molecule has 0 aromatic carbocycles. The summed E-state index contributed by atoms with van der Waals surface area (Å²) in [6.45, 7) is 9.22. The van der Waals surface area contributed by atoms with Crippen LogP contribution >= 0.6 is 0 Å². The minimum atomic E-state index is 0.382. The lowest BCUT2D eigenvalue weighted by Crippen LogP contribution is -2.55. The first-order valence-corrected chi connectivity index (χ1v) is 7.95. The number of hydrogen-bond donors (Lipinski definition) is 1. The number of aromatic nitrogens is 1. The van der Waals surface area contributed by atoms with Crippen LogP contribution in [0.15, 0.2) is 24.4 Å². The summed E-state index contributed by atoms with van der Waals surface area (Å²) in [6.07, 6.45) is 5.80. The number of anilines is 1. The lowest BCUT2D eigenvalue weighted by molar-refractivity contribution is 0.179. The summed E-state index contributed by atoms with van der Waals surface area (Å²) in [6, 6.07) is 6.17. The van der Waals surface area contributed by atoms with Crippen molar-refractivity contribution in [3.05, 3.63) is 24.4 Å². The maximum Gasteiger partial charge on any atom is 0.128 e. The van der Waals surface area contributed by atoms with E-state index < -0.39 is 0 Å². The molecule has 1 atom stereocenters. The van der Waals surface area contributed by atoms with Crippen molar-refractivity contribution < 1.29 is 0 Å². The average Bonchev–Trinajstić information content (AvgIpc) is 2.98. The van der Waals surface area contributed by atoms with Gasteiger partial charge >= 0.3 is 0 Å². The van der Waals surface area contributed by atoms with Gasteiger partial charge in [0, 0.05) is 44.5 Å². The fourth-order valence-electron chi connectivity index (χ4n) is 3.52. The van der Waals surface area contributed by atoms with Crippen LogP contribution in [0.5, 0.6) is 0 Å². The predicted octanol–water partition coefficient (Wildman–Crippen LogP) is 1.74. The topological polar surface area (TPSA) is 31.4 Å². The smallest absolute Gasteiger partial charge is 0.128 e. The molecule has 4 nitrogen and oxygen atoms in total. The molecule has 0 spiro atoms. The summed E-state index contributed by atoms with van der Waals surface area (Å²) in [5.74, 6) is 1.12. The Morgan fingerprint density at radius 1 is 1.25 bits per heavy atom. The quantitative estimate of drug-likeness (QED) is 0.906. The fourth-order valence-corrected chi connectivity index (χ4v) is 3.52. The van der Waals surface area contributed by atoms with Crippen LogP contribution < -0.4 is 10.2 Å². The number of hydrogen-bond acceptors (Lipinski definition) is 4. The lowest BCUT2D eigenvalue weighted by Gasteiger charge is -2.40. The Labute approximate surface area is 122 Å². The Morgan fingerprint density at radius 3 is 2.70 bits per heavy atom. The molecule has 3 rings (SSSR count). The molecule has 2 fully saturated rings. The van der Waals surface area contributed by atoms with E-state index in [1.165, 1.54) is 32.4 Å². The van der Waals surface area contributed by atoms with Gasteiger partial charge in [-0.3, -0.25) is 4.90 Å². The molecule has 20 heavy (non-hydrogen) atoms. The molecule has 0 bridgehead atoms. The minimum absolute atomic E-state index is 0.382. The van der Waals surface area contributed by atoms with Gasteiger partial charge in [0.15, 0.2) is 0 Å². The summed E-state index contributed by atoms with van der Waals surface area (Å²) in [5, 5.41) is 3.74. The molecule has 4 heteroatoms. The Morgan fingerprint density at radius 2 is 2.10 bits per heavy atom. The predicted molar refractivity (Wildman–Crippen MR) is 83.1 cm³/mol. The zero-order valence-corrected chi connectivity index (χ0v) is 12.5. The second-order valence-electron chi connectivity index (χ2n) is 6.12. The monoisotopic (exact) mass is 274 g/mol. The second-order valence-corrected chi connectivity index (χ2v) is 6.12. The number of pyridine rings is 1. The highest BCUT2D eigenvalue weighted by molar-refractivity contribution is 5.38. The van der Waals surface area contributed by atoms with Crippen molar-refractivity contribution in [3.63, 3.8) is 0 Å². The van der Waals surface area contributed by atoms with E-state index in [4.69, 9.17) is 0 Å². The number of nitrogens with one attached hydrogen (secondary N) is 1. The summed E-state index contributed by atoms with van der Waals surface area (Å²) in [4.78, 5) is 9.48. The van der Waals surface area contributed by atoms with Crippen molar-refractivity contribution in [1.29, 1.82) is 0 Å². The third kappa shape index (κ3) is 2.96. The summed E-state index contributed by atoms with van der Waals surface area (Å²) < 4.78 is 0. The van der Waals surface area contributed by atoms with Crippen LogP contribution in [-0.4, -0.2) is 54.7 Å². The van der Waals surface area contributed by atoms with Gasteiger partial charge in [0.2, 0.25) is 0 Å². The third-order valence-corrected chi connectivity index (χ3v) is 4.88. The van der Waals surface area contributed by atoms with Gasteiger partial charge in [-0.05, 0) is 37.9 Å². The van der Waals surface area contributed by atoms with E-state index in [0.717, 1.165) is 32.0 Å². The minimum Gasteiger partial charge on any atom is -0.354 e. The van der Waals surface area contributed by atoms with Gasteiger partial charge in [0.1, 0.15) is 5.82 Å². The van der Waals surface area contributed by atoms with Crippen LogP contribution in [0.1, 0.15) is 26.2 Å². The van der Waals surface area contributed by atoms with E-state index in [0.29, 0.717) is 5.54 Å². The zero-order valence-electron chi connectivity index (χ0n) is 12.5. The number of rotatable bonds is 4. The van der Waals surface area contributed by atoms with Crippen LogP contribution in [0.3, 0.4) is 0 Å². The van der Waals surface area contributed by atoms with Gasteiger partial charge < -0.3 is 10.2 Å². The van der Waals surface area contributed by atoms with E-state index in [1.54, 1.807) is 0 Å². The third-order valence-electron chi connectivity index (χ3n) is 4.88. The highest BCUT2D eigenvalue weighted by Gasteiger charge is 2.34. The SMILES string of the molecule is CCC1(CN2CCN(c3ccccn3)CC2)CCCN1. The Balaban J connectivity index is 1.54. The molecule has 2 saturated heterocycles. The normalized spacial score (nSPS) is 27.9. The van der Waals surface area contributed by atoms with E-state index in [2.05, 4.69) is 39.2 Å². The van der Waals surface area contributed by atoms with E-state index in [1.807, 2.05) is 12.3 Å². The lowest BCUT2D eigenvalue weighted by atomic mass is 9.93. The molecular weight excluding hydrogens is 248 g/mol. The molecule has 0 saturated carbocycles. The molecule has 1 aromatic rings.